The van der Waals surface area contributed by atoms with E-state index in [-0.39, 0.29) is 5.71 Å². The molecule has 0 unspecified atom stereocenters. The number of carboxylic acids is 1. The predicted octanol–water partition coefficient (Wildman–Crippen LogP) is 0.852. The molecule has 56 valence electrons. The number of rotatable bonds is 2. The molecule has 0 radical (unpaired) electrons. The average Bonchev–Trinajstić information content (AvgIpc) is 2.40. The molecule has 0 aliphatic carbocycles. The van der Waals surface area contributed by atoms with Gasteiger partial charge in [-0.1, -0.05) is 6.07 Å². The van der Waals surface area contributed by atoms with E-state index in [1.807, 2.05) is 0 Å². The largest absolute Gasteiger partial charge is 0.472 e. The molecular weight excluding hydrogens is 164 g/mol. The normalized spacial score (nSPS) is 8.73. The predicted molar refractivity (Wildman–Crippen MR) is 39.7 cm³/mol. The molecule has 0 fully saturated rings. The van der Waals surface area contributed by atoms with Crippen molar-refractivity contribution in [2.75, 3.05) is 0 Å². The maximum absolute atomic E-state index is 10.3. The van der Waals surface area contributed by atoms with Crippen LogP contribution >= 0.6 is 11.3 Å². The van der Waals surface area contributed by atoms with Gasteiger partial charge in [-0.15, -0.1) is 11.3 Å². The van der Waals surface area contributed by atoms with Crippen LogP contribution in [0.4, 0.5) is 0 Å². The third kappa shape index (κ3) is 1.52. The lowest BCUT2D eigenvalue weighted by Gasteiger charge is -1.81. The monoisotopic (exact) mass is 168 g/mol. The Hall–Kier alpha value is -1.45. The smallest absolute Gasteiger partial charge is 0.420 e. The highest BCUT2D eigenvalue weighted by Gasteiger charge is 2.21. The van der Waals surface area contributed by atoms with Crippen LogP contribution < -0.4 is 0 Å². The summed E-state index contributed by atoms with van der Waals surface area (Å²) in [6.45, 7) is 0. The van der Waals surface area contributed by atoms with Gasteiger partial charge in [0.05, 0.1) is 0 Å². The Morgan fingerprint density at radius 3 is 2.82 bits per heavy atom. The first-order chi connectivity index (χ1) is 5.25. The van der Waals surface area contributed by atoms with Gasteiger partial charge in [0, 0.05) is 0 Å². The van der Waals surface area contributed by atoms with Crippen LogP contribution in [0.2, 0.25) is 0 Å². The summed E-state index contributed by atoms with van der Waals surface area (Å²) < 4.78 is 0. The maximum atomic E-state index is 10.3. The molecule has 4 nitrogen and oxygen atoms in total. The number of hydrogen-bond donors (Lipinski definition) is 1. The second-order valence-electron chi connectivity index (χ2n) is 1.73. The van der Waals surface area contributed by atoms with Gasteiger partial charge in [0.2, 0.25) is 0 Å². The van der Waals surface area contributed by atoms with Gasteiger partial charge in [-0.25, -0.2) is 4.79 Å². The Balaban J connectivity index is 3.09. The van der Waals surface area contributed by atoms with Gasteiger partial charge in [0.15, 0.2) is 0 Å². The topological polar surface area (TPSA) is 73.7 Å². The van der Waals surface area contributed by atoms with E-state index in [9.17, 15) is 4.79 Å². The number of hydrogen-bond acceptors (Lipinski definition) is 2. The molecule has 0 aliphatic heterocycles. The van der Waals surface area contributed by atoms with Crippen molar-refractivity contribution < 1.29 is 14.7 Å². The molecule has 1 N–H and O–H groups in total. The standard InChI is InChI=1S/C6H4N2O2S/c7-8-5(6(9)10)4-2-1-3-11-4/h1-3H,(H,9,10). The zero-order valence-corrected chi connectivity index (χ0v) is 6.21. The lowest BCUT2D eigenvalue weighted by Crippen LogP contribution is -2.13. The third-order valence-corrected chi connectivity index (χ3v) is 1.93. The molecule has 0 spiro atoms. The zero-order chi connectivity index (χ0) is 8.27. The minimum absolute atomic E-state index is 0.319. The highest BCUT2D eigenvalue weighted by atomic mass is 32.1. The van der Waals surface area contributed by atoms with Gasteiger partial charge >= 0.3 is 11.7 Å². The Labute approximate surface area is 66.3 Å². The Bertz CT molecular complexity index is 311. The number of carbonyl (C=O) groups is 1. The van der Waals surface area contributed by atoms with Gasteiger partial charge in [0.25, 0.3) is 0 Å². The van der Waals surface area contributed by atoms with Crippen molar-refractivity contribution in [3.8, 4) is 0 Å². The summed E-state index contributed by atoms with van der Waals surface area (Å²) >= 11 is 1.21. The Kier molecular flexibility index (Phi) is 2.15. The van der Waals surface area contributed by atoms with Crippen molar-refractivity contribution in [3.05, 3.63) is 27.9 Å². The van der Waals surface area contributed by atoms with E-state index in [2.05, 4.69) is 4.79 Å². The van der Waals surface area contributed by atoms with Crippen molar-refractivity contribution in [2.45, 2.75) is 0 Å². The van der Waals surface area contributed by atoms with Crippen LogP contribution in [0.15, 0.2) is 17.5 Å². The van der Waals surface area contributed by atoms with E-state index in [0.717, 1.165) is 0 Å². The first-order valence-corrected chi connectivity index (χ1v) is 3.63. The molecule has 1 aromatic rings. The second kappa shape index (κ2) is 3.09. The summed E-state index contributed by atoms with van der Waals surface area (Å²) in [6, 6.07) is 3.27. The van der Waals surface area contributed by atoms with Gasteiger partial charge in [-0.3, -0.25) is 0 Å². The number of carboxylic acid groups (broad SMARTS) is 1. The number of thiophene rings is 1. The van der Waals surface area contributed by atoms with E-state index in [1.165, 1.54) is 11.3 Å². The van der Waals surface area contributed by atoms with Crippen molar-refractivity contribution in [1.82, 2.24) is 0 Å². The summed E-state index contributed by atoms with van der Waals surface area (Å²) in [4.78, 5) is 13.4. The minimum atomic E-state index is -1.23. The summed E-state index contributed by atoms with van der Waals surface area (Å²) in [5.41, 5.74) is 7.96. The molecule has 0 aliphatic rings. The van der Waals surface area contributed by atoms with E-state index in [0.29, 0.717) is 4.88 Å². The Morgan fingerprint density at radius 2 is 2.45 bits per heavy atom. The molecule has 0 amide bonds. The minimum Gasteiger partial charge on any atom is -0.472 e. The fourth-order valence-electron chi connectivity index (χ4n) is 0.611. The van der Waals surface area contributed by atoms with Gasteiger partial charge < -0.3 is 10.6 Å². The van der Waals surface area contributed by atoms with Crippen LogP contribution in [0.1, 0.15) is 4.88 Å². The summed E-state index contributed by atoms with van der Waals surface area (Å²) in [5, 5.41) is 10.2. The molecule has 11 heavy (non-hydrogen) atoms. The molecule has 1 aromatic heterocycles. The van der Waals surface area contributed by atoms with Gasteiger partial charge in [0.1, 0.15) is 4.88 Å². The zero-order valence-electron chi connectivity index (χ0n) is 5.39. The molecule has 5 heteroatoms. The van der Waals surface area contributed by atoms with Crippen molar-refractivity contribution >= 4 is 23.0 Å². The molecular formula is C6H4N2O2S. The molecule has 0 bridgehead atoms. The lowest BCUT2D eigenvalue weighted by molar-refractivity contribution is -0.133. The van der Waals surface area contributed by atoms with Crippen LogP contribution in [0.3, 0.4) is 0 Å². The molecule has 1 rings (SSSR count). The molecule has 1 heterocycles. The number of aliphatic carboxylic acids is 1. The van der Waals surface area contributed by atoms with Crippen LogP contribution in [0, 0.1) is 0 Å². The van der Waals surface area contributed by atoms with Gasteiger partial charge in [-0.2, -0.15) is 4.79 Å². The van der Waals surface area contributed by atoms with Crippen LogP contribution in [0.5, 0.6) is 0 Å². The average molecular weight is 168 g/mol. The summed E-state index contributed by atoms with van der Waals surface area (Å²) in [7, 11) is 0. The van der Waals surface area contributed by atoms with Crippen molar-refractivity contribution in [1.29, 1.82) is 0 Å². The van der Waals surface area contributed by atoms with E-state index in [4.69, 9.17) is 10.6 Å². The summed E-state index contributed by atoms with van der Waals surface area (Å²) in [5.74, 6) is -1.23. The lowest BCUT2D eigenvalue weighted by atomic mass is 10.3. The molecule has 0 atom stereocenters. The molecule has 0 saturated carbocycles. The van der Waals surface area contributed by atoms with Crippen LogP contribution in [0.25, 0.3) is 5.53 Å². The SMILES string of the molecule is [N-]=[N+]=C(C(=O)O)c1cccs1. The maximum Gasteiger partial charge on any atom is 0.420 e. The van der Waals surface area contributed by atoms with Crippen molar-refractivity contribution in [3.63, 3.8) is 0 Å². The highest BCUT2D eigenvalue weighted by molar-refractivity contribution is 7.12. The highest BCUT2D eigenvalue weighted by Crippen LogP contribution is 2.08. The first kappa shape index (κ1) is 7.65. The van der Waals surface area contributed by atoms with Crippen LogP contribution in [-0.2, 0) is 4.79 Å². The first-order valence-electron chi connectivity index (χ1n) is 2.75. The summed E-state index contributed by atoms with van der Waals surface area (Å²) in [6.07, 6.45) is 0. The number of nitrogens with zero attached hydrogens (tertiary/aromatic N) is 2. The Morgan fingerprint density at radius 1 is 1.73 bits per heavy atom. The second-order valence-corrected chi connectivity index (χ2v) is 2.68. The van der Waals surface area contributed by atoms with E-state index < -0.39 is 5.97 Å². The third-order valence-electron chi connectivity index (χ3n) is 1.06. The van der Waals surface area contributed by atoms with Gasteiger partial charge in [-0.05, 0) is 11.4 Å². The molecule has 0 saturated heterocycles. The quantitative estimate of drug-likeness (QED) is 0.404. The van der Waals surface area contributed by atoms with E-state index in [1.54, 1.807) is 17.5 Å². The van der Waals surface area contributed by atoms with E-state index >= 15 is 0 Å². The molecule has 0 aromatic carbocycles. The fraction of sp³-hybridized carbons (Fsp3) is 0. The van der Waals surface area contributed by atoms with Crippen molar-refractivity contribution in [2.24, 2.45) is 0 Å². The fourth-order valence-corrected chi connectivity index (χ4v) is 1.31. The van der Waals surface area contributed by atoms with Crippen LogP contribution in [-0.4, -0.2) is 21.6 Å².